The monoisotopic (exact) mass is 325 g/mol. The Kier molecular flexibility index (Phi) is 4.86. The van der Waals surface area contributed by atoms with Crippen LogP contribution in [0.3, 0.4) is 0 Å². The van der Waals surface area contributed by atoms with Crippen LogP contribution in [0.4, 0.5) is 5.82 Å². The van der Waals surface area contributed by atoms with Crippen LogP contribution in [0.2, 0.25) is 0 Å². The van der Waals surface area contributed by atoms with Crippen molar-refractivity contribution in [1.82, 2.24) is 9.88 Å². The van der Waals surface area contributed by atoms with E-state index >= 15 is 0 Å². The van der Waals surface area contributed by atoms with Crippen molar-refractivity contribution in [1.29, 1.82) is 0 Å². The molecule has 1 aliphatic heterocycles. The quantitative estimate of drug-likeness (QED) is 0.930. The number of carbonyl (C=O) groups excluding carboxylic acids is 2. The lowest BCUT2D eigenvalue weighted by molar-refractivity contribution is -0.154. The summed E-state index contributed by atoms with van der Waals surface area (Å²) in [6, 6.07) is 12.6. The van der Waals surface area contributed by atoms with Gasteiger partial charge < -0.3 is 15.0 Å². The normalized spacial score (nSPS) is 17.6. The summed E-state index contributed by atoms with van der Waals surface area (Å²) in [6.07, 6.45) is 1.62. The molecule has 1 aromatic heterocycles. The summed E-state index contributed by atoms with van der Waals surface area (Å²) >= 11 is 0. The number of nitrogens with one attached hydrogen (secondary N) is 1. The molecular weight excluding hydrogens is 306 g/mol. The maximum absolute atomic E-state index is 12.6. The van der Waals surface area contributed by atoms with Crippen molar-refractivity contribution in [2.75, 3.05) is 18.5 Å². The number of amides is 2. The van der Waals surface area contributed by atoms with Gasteiger partial charge in [0.15, 0.2) is 0 Å². The zero-order valence-corrected chi connectivity index (χ0v) is 13.4. The van der Waals surface area contributed by atoms with E-state index < -0.39 is 6.04 Å². The lowest BCUT2D eigenvalue weighted by Gasteiger charge is -2.34. The summed E-state index contributed by atoms with van der Waals surface area (Å²) in [4.78, 5) is 30.6. The van der Waals surface area contributed by atoms with Gasteiger partial charge in [0.25, 0.3) is 5.91 Å². The van der Waals surface area contributed by atoms with E-state index in [9.17, 15) is 9.59 Å². The number of aryl methyl sites for hydroxylation is 1. The van der Waals surface area contributed by atoms with Crippen LogP contribution in [-0.2, 0) is 20.9 Å². The zero-order chi connectivity index (χ0) is 16.9. The number of rotatable bonds is 4. The fourth-order valence-electron chi connectivity index (χ4n) is 2.62. The highest BCUT2D eigenvalue weighted by molar-refractivity contribution is 5.97. The smallest absolute Gasteiger partial charge is 0.250 e. The minimum Gasteiger partial charge on any atom is -0.369 e. The van der Waals surface area contributed by atoms with Crippen LogP contribution >= 0.6 is 0 Å². The van der Waals surface area contributed by atoms with Gasteiger partial charge in [-0.3, -0.25) is 9.59 Å². The lowest BCUT2D eigenvalue weighted by Crippen LogP contribution is -2.54. The highest BCUT2D eigenvalue weighted by atomic mass is 16.5. The molecule has 3 rings (SSSR count). The highest BCUT2D eigenvalue weighted by Crippen LogP contribution is 2.16. The van der Waals surface area contributed by atoms with E-state index in [1.165, 1.54) is 0 Å². The van der Waals surface area contributed by atoms with Crippen molar-refractivity contribution >= 4 is 17.6 Å². The average molecular weight is 325 g/mol. The minimum absolute atomic E-state index is 0.000766. The number of benzene rings is 1. The van der Waals surface area contributed by atoms with Crippen LogP contribution in [0.15, 0.2) is 48.7 Å². The van der Waals surface area contributed by atoms with Crippen molar-refractivity contribution in [3.05, 3.63) is 59.8 Å². The van der Waals surface area contributed by atoms with Gasteiger partial charge in [-0.25, -0.2) is 4.98 Å². The first-order valence-electron chi connectivity index (χ1n) is 7.79. The molecule has 24 heavy (non-hydrogen) atoms. The molecule has 1 aromatic carbocycles. The number of anilines is 1. The molecule has 6 nitrogen and oxygen atoms in total. The number of pyridine rings is 1. The molecule has 1 atom stereocenters. The Balaban J connectivity index is 1.77. The number of ether oxygens (including phenoxy) is 1. The Morgan fingerprint density at radius 2 is 2.08 bits per heavy atom. The van der Waals surface area contributed by atoms with E-state index in [1.807, 2.05) is 43.3 Å². The summed E-state index contributed by atoms with van der Waals surface area (Å²) in [5.74, 6) is 0.0176. The van der Waals surface area contributed by atoms with Gasteiger partial charge >= 0.3 is 0 Å². The Morgan fingerprint density at radius 3 is 2.83 bits per heavy atom. The van der Waals surface area contributed by atoms with Crippen molar-refractivity contribution in [3.63, 3.8) is 0 Å². The number of nitrogens with zero attached hydrogens (tertiary/aromatic N) is 2. The molecule has 0 bridgehead atoms. The number of carbonyl (C=O) groups is 2. The van der Waals surface area contributed by atoms with Crippen LogP contribution < -0.4 is 5.32 Å². The van der Waals surface area contributed by atoms with Crippen molar-refractivity contribution in [2.45, 2.75) is 19.5 Å². The van der Waals surface area contributed by atoms with Gasteiger partial charge in [-0.2, -0.15) is 0 Å². The van der Waals surface area contributed by atoms with Gasteiger partial charge in [-0.1, -0.05) is 36.4 Å². The van der Waals surface area contributed by atoms with Gasteiger partial charge in [0.1, 0.15) is 18.5 Å². The van der Waals surface area contributed by atoms with Crippen LogP contribution in [0.1, 0.15) is 11.1 Å². The topological polar surface area (TPSA) is 71.5 Å². The van der Waals surface area contributed by atoms with Crippen LogP contribution in [0.25, 0.3) is 0 Å². The minimum atomic E-state index is -0.673. The molecule has 1 fully saturated rings. The number of hydrogen-bond donors (Lipinski definition) is 1. The third kappa shape index (κ3) is 3.60. The van der Waals surface area contributed by atoms with E-state index in [0.717, 1.165) is 11.1 Å². The standard InChI is InChI=1S/C18H19N3O3/c1-13-6-5-9-19-17(13)20-18(23)15-11-24-12-16(22)21(15)10-14-7-3-2-4-8-14/h2-9,15H,10-12H2,1H3,(H,19,20,23)/t15-/m0/s1. The Hall–Kier alpha value is -2.73. The van der Waals surface area contributed by atoms with Crippen LogP contribution in [-0.4, -0.2) is 41.0 Å². The second-order valence-electron chi connectivity index (χ2n) is 5.70. The number of morpholine rings is 1. The molecule has 0 unspecified atom stereocenters. The van der Waals surface area contributed by atoms with Crippen LogP contribution in [0, 0.1) is 6.92 Å². The van der Waals surface area contributed by atoms with Crippen LogP contribution in [0.5, 0.6) is 0 Å². The first-order chi connectivity index (χ1) is 11.6. The zero-order valence-electron chi connectivity index (χ0n) is 13.4. The van der Waals surface area contributed by atoms with E-state index in [-0.39, 0.29) is 25.0 Å². The van der Waals surface area contributed by atoms with Gasteiger partial charge in [0.05, 0.1) is 6.61 Å². The predicted molar refractivity (Wildman–Crippen MR) is 89.2 cm³/mol. The second-order valence-corrected chi connectivity index (χ2v) is 5.70. The molecule has 6 heteroatoms. The third-order valence-corrected chi connectivity index (χ3v) is 3.95. The Bertz CT molecular complexity index is 733. The van der Waals surface area contributed by atoms with Crippen molar-refractivity contribution < 1.29 is 14.3 Å². The average Bonchev–Trinajstić information content (AvgIpc) is 2.59. The molecule has 1 aliphatic rings. The summed E-state index contributed by atoms with van der Waals surface area (Å²) in [5, 5.41) is 2.79. The maximum atomic E-state index is 12.6. The largest absolute Gasteiger partial charge is 0.369 e. The van der Waals surface area contributed by atoms with E-state index in [1.54, 1.807) is 17.2 Å². The summed E-state index contributed by atoms with van der Waals surface area (Å²) in [6.45, 7) is 2.42. The number of aromatic nitrogens is 1. The van der Waals surface area contributed by atoms with Gasteiger partial charge in [0, 0.05) is 12.7 Å². The fraction of sp³-hybridized carbons (Fsp3) is 0.278. The third-order valence-electron chi connectivity index (χ3n) is 3.95. The summed E-state index contributed by atoms with van der Waals surface area (Å²) < 4.78 is 5.28. The maximum Gasteiger partial charge on any atom is 0.250 e. The van der Waals surface area contributed by atoms with Gasteiger partial charge in [-0.15, -0.1) is 0 Å². The fourth-order valence-corrected chi connectivity index (χ4v) is 2.62. The van der Waals surface area contributed by atoms with Gasteiger partial charge in [0.2, 0.25) is 5.91 Å². The first kappa shape index (κ1) is 16.1. The molecule has 1 saturated heterocycles. The molecule has 124 valence electrons. The van der Waals surface area contributed by atoms with E-state index in [0.29, 0.717) is 12.4 Å². The van der Waals surface area contributed by atoms with E-state index in [4.69, 9.17) is 4.74 Å². The molecule has 0 aliphatic carbocycles. The predicted octanol–water partition coefficient (Wildman–Crippen LogP) is 1.76. The highest BCUT2D eigenvalue weighted by Gasteiger charge is 2.34. The number of hydrogen-bond acceptors (Lipinski definition) is 4. The molecule has 0 radical (unpaired) electrons. The summed E-state index contributed by atoms with van der Waals surface area (Å²) in [5.41, 5.74) is 1.84. The van der Waals surface area contributed by atoms with Gasteiger partial charge in [-0.05, 0) is 24.1 Å². The second kappa shape index (κ2) is 7.23. The summed E-state index contributed by atoms with van der Waals surface area (Å²) in [7, 11) is 0. The van der Waals surface area contributed by atoms with E-state index in [2.05, 4.69) is 10.3 Å². The lowest BCUT2D eigenvalue weighted by atomic mass is 10.1. The molecule has 2 heterocycles. The van der Waals surface area contributed by atoms with Crippen molar-refractivity contribution in [2.24, 2.45) is 0 Å². The molecule has 1 N–H and O–H groups in total. The molecule has 0 saturated carbocycles. The molecule has 0 spiro atoms. The van der Waals surface area contributed by atoms with Crippen molar-refractivity contribution in [3.8, 4) is 0 Å². The molecular formula is C18H19N3O3. The molecule has 2 amide bonds. The SMILES string of the molecule is Cc1cccnc1NC(=O)[C@@H]1COCC(=O)N1Cc1ccccc1. The molecule has 2 aromatic rings. The Morgan fingerprint density at radius 1 is 1.29 bits per heavy atom. The first-order valence-corrected chi connectivity index (χ1v) is 7.79. The Labute approximate surface area is 140 Å².